The minimum atomic E-state index is 0.0164. The average Bonchev–Trinajstić information content (AvgIpc) is 3.74. The van der Waals surface area contributed by atoms with Crippen molar-refractivity contribution in [1.29, 1.82) is 0 Å². The molecule has 6 rings (SSSR count). The van der Waals surface area contributed by atoms with Gasteiger partial charge < -0.3 is 20.1 Å². The second kappa shape index (κ2) is 13.3. The molecular weight excluding hydrogens is 576 g/mol. The van der Waals surface area contributed by atoms with Gasteiger partial charge >= 0.3 is 0 Å². The highest BCUT2D eigenvalue weighted by Crippen LogP contribution is 2.32. The van der Waals surface area contributed by atoms with Crippen LogP contribution < -0.4 is 0 Å². The van der Waals surface area contributed by atoms with Crippen molar-refractivity contribution >= 4 is 0 Å². The molecule has 0 amide bonds. The van der Waals surface area contributed by atoms with Crippen LogP contribution in [0.25, 0.3) is 33.8 Å². The Morgan fingerprint density at radius 1 is 0.447 bits per heavy atom. The summed E-state index contributed by atoms with van der Waals surface area (Å²) in [7, 11) is 0. The zero-order valence-electron chi connectivity index (χ0n) is 29.2. The third-order valence-corrected chi connectivity index (χ3v) is 9.32. The second-order valence-corrected chi connectivity index (χ2v) is 13.7. The molecule has 0 radical (unpaired) electrons. The van der Waals surface area contributed by atoms with E-state index in [1.165, 1.54) is 61.5 Å². The van der Waals surface area contributed by atoms with Crippen molar-refractivity contribution in [2.24, 2.45) is 0 Å². The summed E-state index contributed by atoms with van der Waals surface area (Å²) in [6.45, 7) is 19.6. The van der Waals surface area contributed by atoms with Crippen LogP contribution in [-0.2, 0) is 26.2 Å². The van der Waals surface area contributed by atoms with Gasteiger partial charge in [-0.05, 0) is 125 Å². The molecule has 6 aromatic rings. The van der Waals surface area contributed by atoms with Crippen molar-refractivity contribution in [2.45, 2.75) is 81.6 Å². The first-order valence-electron chi connectivity index (χ1n) is 16.6. The maximum atomic E-state index is 10.1. The zero-order valence-corrected chi connectivity index (χ0v) is 29.2. The van der Waals surface area contributed by atoms with Crippen LogP contribution in [0.2, 0.25) is 0 Å². The highest BCUT2D eigenvalue weighted by atomic mass is 16.3. The highest BCUT2D eigenvalue weighted by molar-refractivity contribution is 5.70. The van der Waals surface area contributed by atoms with E-state index < -0.39 is 0 Å². The lowest BCUT2D eigenvalue weighted by Crippen LogP contribution is -2.23. The molecule has 3 heterocycles. The van der Waals surface area contributed by atoms with Crippen LogP contribution in [0.1, 0.15) is 67.2 Å². The minimum absolute atomic E-state index is 0.0164. The molecule has 4 N–H and O–H groups in total. The van der Waals surface area contributed by atoms with Gasteiger partial charge in [-0.15, -0.1) is 0 Å². The topological polar surface area (TPSA) is 70.8 Å². The molecule has 3 aromatic heterocycles. The van der Waals surface area contributed by atoms with E-state index in [0.29, 0.717) is 0 Å². The molecule has 0 aliphatic heterocycles. The Morgan fingerprint density at radius 2 is 0.766 bits per heavy atom. The first kappa shape index (κ1) is 32.4. The quantitative estimate of drug-likeness (QED) is 0.123. The second-order valence-electron chi connectivity index (χ2n) is 13.7. The Labute approximate surface area is 279 Å². The van der Waals surface area contributed by atoms with E-state index in [4.69, 9.17) is 0 Å². The molecule has 0 saturated heterocycles. The summed E-state index contributed by atoms with van der Waals surface area (Å²) in [5.41, 5.74) is 21.6. The zero-order chi connectivity index (χ0) is 33.4. The maximum Gasteiger partial charge on any atom is 0.0688 e. The molecule has 0 saturated carbocycles. The number of H-pyrrole nitrogens is 3. The largest absolute Gasteiger partial charge is 0.392 e. The monoisotopic (exact) mass is 624 g/mol. The SMILES string of the molecule is Cc1cc(C)c(-c2ccc(CN(Cc3ccc(-c4c(C)cc(C)cc4C)[nH]3)Cc3ccc(-c4c(C)cc(C)cc4CO)[nH]3)[nH]2)c(C)c1. The van der Waals surface area contributed by atoms with Crippen molar-refractivity contribution in [3.63, 3.8) is 0 Å². The number of aryl methyl sites for hydroxylation is 8. The molecule has 0 aliphatic carbocycles. The van der Waals surface area contributed by atoms with Gasteiger partial charge in [0, 0.05) is 70.5 Å². The van der Waals surface area contributed by atoms with Gasteiger partial charge in [0.15, 0.2) is 0 Å². The number of aromatic amines is 3. The normalized spacial score (nSPS) is 11.6. The summed E-state index contributed by atoms with van der Waals surface area (Å²) in [5, 5.41) is 10.1. The van der Waals surface area contributed by atoms with Gasteiger partial charge in [0.1, 0.15) is 0 Å². The number of rotatable bonds is 10. The van der Waals surface area contributed by atoms with Gasteiger partial charge in [0.25, 0.3) is 0 Å². The molecule has 5 nitrogen and oxygen atoms in total. The van der Waals surface area contributed by atoms with Crippen LogP contribution in [0, 0.1) is 55.4 Å². The lowest BCUT2D eigenvalue weighted by atomic mass is 9.97. The molecule has 0 atom stereocenters. The summed E-state index contributed by atoms with van der Waals surface area (Å²) < 4.78 is 0. The van der Waals surface area contributed by atoms with Crippen LogP contribution in [0.4, 0.5) is 0 Å². The predicted octanol–water partition coefficient (Wildman–Crippen LogP) is 9.83. The summed E-state index contributed by atoms with van der Waals surface area (Å²) in [6.07, 6.45) is 0. The summed E-state index contributed by atoms with van der Waals surface area (Å²) in [5.74, 6) is 0. The smallest absolute Gasteiger partial charge is 0.0688 e. The van der Waals surface area contributed by atoms with Crippen LogP contribution >= 0.6 is 0 Å². The van der Waals surface area contributed by atoms with Crippen molar-refractivity contribution in [3.8, 4) is 33.8 Å². The Morgan fingerprint density at radius 3 is 1.13 bits per heavy atom. The molecule has 0 fully saturated rings. The van der Waals surface area contributed by atoms with Crippen molar-refractivity contribution < 1.29 is 5.11 Å². The van der Waals surface area contributed by atoms with Crippen LogP contribution in [0.15, 0.2) is 72.8 Å². The molecule has 3 aromatic carbocycles. The number of aromatic nitrogens is 3. The molecule has 0 spiro atoms. The number of nitrogens with zero attached hydrogens (tertiary/aromatic N) is 1. The van der Waals surface area contributed by atoms with Crippen LogP contribution in [0.5, 0.6) is 0 Å². The lowest BCUT2D eigenvalue weighted by molar-refractivity contribution is 0.240. The maximum absolute atomic E-state index is 10.1. The lowest BCUT2D eigenvalue weighted by Gasteiger charge is -2.21. The third kappa shape index (κ3) is 6.92. The van der Waals surface area contributed by atoms with Crippen LogP contribution in [0.3, 0.4) is 0 Å². The molecule has 5 heteroatoms. The Kier molecular flexibility index (Phi) is 9.14. The summed E-state index contributed by atoms with van der Waals surface area (Å²) in [4.78, 5) is 13.7. The number of nitrogens with one attached hydrogen (secondary N) is 3. The number of aliphatic hydroxyl groups is 1. The number of hydrogen-bond donors (Lipinski definition) is 4. The van der Waals surface area contributed by atoms with E-state index in [2.05, 4.69) is 148 Å². The minimum Gasteiger partial charge on any atom is -0.392 e. The Balaban J connectivity index is 1.31. The highest BCUT2D eigenvalue weighted by Gasteiger charge is 2.17. The van der Waals surface area contributed by atoms with Crippen molar-refractivity contribution in [1.82, 2.24) is 19.9 Å². The van der Waals surface area contributed by atoms with E-state index >= 15 is 0 Å². The Bertz CT molecular complexity index is 1910. The Hall–Kier alpha value is -4.58. The van der Waals surface area contributed by atoms with Gasteiger partial charge in [0.05, 0.1) is 6.61 Å². The molecule has 0 bridgehead atoms. The van der Waals surface area contributed by atoms with Crippen LogP contribution in [-0.4, -0.2) is 25.0 Å². The molecule has 0 aliphatic rings. The van der Waals surface area contributed by atoms with Gasteiger partial charge in [-0.1, -0.05) is 53.1 Å². The van der Waals surface area contributed by atoms with Crippen molar-refractivity contribution in [2.75, 3.05) is 0 Å². The van der Waals surface area contributed by atoms with E-state index in [1.54, 1.807) is 0 Å². The van der Waals surface area contributed by atoms with E-state index in [0.717, 1.165) is 59.1 Å². The van der Waals surface area contributed by atoms with E-state index in [9.17, 15) is 5.11 Å². The summed E-state index contributed by atoms with van der Waals surface area (Å²) >= 11 is 0. The first-order chi connectivity index (χ1) is 22.5. The van der Waals surface area contributed by atoms with Gasteiger partial charge in [-0.2, -0.15) is 0 Å². The molecule has 47 heavy (non-hydrogen) atoms. The van der Waals surface area contributed by atoms with Gasteiger partial charge in [-0.3, -0.25) is 4.90 Å². The predicted molar refractivity (Wildman–Crippen MR) is 195 cm³/mol. The number of aliphatic hydroxyl groups excluding tert-OH is 1. The van der Waals surface area contributed by atoms with Crippen molar-refractivity contribution in [3.05, 3.63) is 140 Å². The summed E-state index contributed by atoms with van der Waals surface area (Å²) in [6, 6.07) is 26.5. The third-order valence-electron chi connectivity index (χ3n) is 9.32. The van der Waals surface area contributed by atoms with Gasteiger partial charge in [0.2, 0.25) is 0 Å². The van der Waals surface area contributed by atoms with E-state index in [-0.39, 0.29) is 6.61 Å². The fourth-order valence-corrected chi connectivity index (χ4v) is 7.70. The molecular formula is C42H48N4O. The average molecular weight is 625 g/mol. The molecule has 242 valence electrons. The molecule has 0 unspecified atom stereocenters. The standard InChI is InChI=1S/C42H48N4O/c1-25-15-28(4)40(29(5)16-25)37-12-9-34(43-37)21-46(22-35-10-13-38(44-35)41-30(6)17-26(2)18-31(41)7)23-36-11-14-39(45-36)42-32(8)19-27(3)20-33(42)24-47/h9-20,43-45,47H,21-24H2,1-8H3. The fraction of sp³-hybridized carbons (Fsp3) is 0.286. The number of benzene rings is 3. The number of hydrogen-bond acceptors (Lipinski definition) is 2. The van der Waals surface area contributed by atoms with E-state index in [1.807, 2.05) is 0 Å². The van der Waals surface area contributed by atoms with Gasteiger partial charge in [-0.25, -0.2) is 0 Å². The fourth-order valence-electron chi connectivity index (χ4n) is 7.70. The first-order valence-corrected chi connectivity index (χ1v) is 16.6.